The molecule has 1 aromatic carbocycles. The number of anilines is 1. The van der Waals surface area contributed by atoms with E-state index in [-0.39, 0.29) is 6.03 Å². The van der Waals surface area contributed by atoms with E-state index >= 15 is 0 Å². The van der Waals surface area contributed by atoms with Crippen LogP contribution in [0.4, 0.5) is 10.5 Å². The van der Waals surface area contributed by atoms with Crippen LogP contribution in [0.2, 0.25) is 5.02 Å². The van der Waals surface area contributed by atoms with Gasteiger partial charge in [0, 0.05) is 29.7 Å². The second kappa shape index (κ2) is 6.45. The zero-order chi connectivity index (χ0) is 18.3. The molecule has 9 heteroatoms. The second-order valence-corrected chi connectivity index (χ2v) is 6.50. The van der Waals surface area contributed by atoms with Crippen LogP contribution in [0.5, 0.6) is 0 Å². The number of benzene rings is 1. The van der Waals surface area contributed by atoms with E-state index in [1.165, 1.54) is 0 Å². The number of aromatic nitrogens is 4. The van der Waals surface area contributed by atoms with Crippen molar-refractivity contribution < 1.29 is 9.32 Å². The summed E-state index contributed by atoms with van der Waals surface area (Å²) >= 11 is 5.97. The molecule has 0 aliphatic carbocycles. The minimum absolute atomic E-state index is 0.200. The molecule has 0 fully saturated rings. The molecule has 0 saturated heterocycles. The molecular weight excluding hydrogens is 356 g/mol. The standard InChI is InChI=1S/C17H17ClN6O2/c1-3-14-20-16(26-22-14)15-12-8-24(9-13(12)23(2)21-15)17(25)19-11-6-4-5-10(18)7-11/h4-7H,3,8-9H2,1-2H3,(H,19,25). The third kappa shape index (κ3) is 2.92. The quantitative estimate of drug-likeness (QED) is 0.762. The van der Waals surface area contributed by atoms with Crippen LogP contribution in [0.1, 0.15) is 24.0 Å². The number of carbonyl (C=O) groups is 1. The molecule has 2 amide bonds. The van der Waals surface area contributed by atoms with Gasteiger partial charge >= 0.3 is 6.03 Å². The normalized spacial score (nSPS) is 13.1. The molecule has 26 heavy (non-hydrogen) atoms. The van der Waals surface area contributed by atoms with Gasteiger partial charge in [-0.05, 0) is 18.2 Å². The maximum Gasteiger partial charge on any atom is 0.322 e. The molecule has 0 spiro atoms. The van der Waals surface area contributed by atoms with Crippen LogP contribution in [-0.2, 0) is 26.6 Å². The van der Waals surface area contributed by atoms with Crippen molar-refractivity contribution in [3.63, 3.8) is 0 Å². The molecule has 0 saturated carbocycles. The molecule has 1 aliphatic rings. The van der Waals surface area contributed by atoms with Gasteiger partial charge in [0.2, 0.25) is 0 Å². The Morgan fingerprint density at radius 1 is 1.38 bits per heavy atom. The summed E-state index contributed by atoms with van der Waals surface area (Å²) in [6.45, 7) is 2.84. The monoisotopic (exact) mass is 372 g/mol. The summed E-state index contributed by atoms with van der Waals surface area (Å²) in [5.41, 5.74) is 3.17. The Bertz CT molecular complexity index is 980. The first-order valence-corrected chi connectivity index (χ1v) is 8.62. The summed E-state index contributed by atoms with van der Waals surface area (Å²) in [5, 5.41) is 11.8. The minimum atomic E-state index is -0.200. The van der Waals surface area contributed by atoms with E-state index in [4.69, 9.17) is 16.1 Å². The number of urea groups is 1. The van der Waals surface area contributed by atoms with Crippen LogP contribution in [0.25, 0.3) is 11.6 Å². The van der Waals surface area contributed by atoms with Gasteiger partial charge in [-0.2, -0.15) is 10.1 Å². The number of fused-ring (bicyclic) bond motifs is 1. The molecule has 0 unspecified atom stereocenters. The Morgan fingerprint density at radius 3 is 2.96 bits per heavy atom. The summed E-state index contributed by atoms with van der Waals surface area (Å²) in [7, 11) is 1.85. The Morgan fingerprint density at radius 2 is 2.23 bits per heavy atom. The minimum Gasteiger partial charge on any atom is -0.332 e. The van der Waals surface area contributed by atoms with Crippen LogP contribution in [0.15, 0.2) is 28.8 Å². The van der Waals surface area contributed by atoms with Gasteiger partial charge in [-0.3, -0.25) is 4.68 Å². The zero-order valence-electron chi connectivity index (χ0n) is 14.4. The van der Waals surface area contributed by atoms with Crippen molar-refractivity contribution in [2.45, 2.75) is 26.4 Å². The molecule has 4 rings (SSSR count). The van der Waals surface area contributed by atoms with E-state index < -0.39 is 0 Å². The number of amides is 2. The lowest BCUT2D eigenvalue weighted by Crippen LogP contribution is -2.30. The Kier molecular flexibility index (Phi) is 4.12. The number of nitrogens with one attached hydrogen (secondary N) is 1. The van der Waals surface area contributed by atoms with E-state index in [2.05, 4.69) is 20.6 Å². The molecule has 2 aromatic heterocycles. The van der Waals surface area contributed by atoms with E-state index in [0.717, 1.165) is 11.3 Å². The van der Waals surface area contributed by atoms with E-state index in [1.54, 1.807) is 33.8 Å². The fourth-order valence-electron chi connectivity index (χ4n) is 2.97. The molecule has 0 radical (unpaired) electrons. The predicted octanol–water partition coefficient (Wildman–Crippen LogP) is 3.23. The Balaban J connectivity index is 1.55. The number of hydrogen-bond acceptors (Lipinski definition) is 5. The Hall–Kier alpha value is -2.87. The number of halogens is 1. The third-order valence-electron chi connectivity index (χ3n) is 4.31. The molecule has 8 nitrogen and oxygen atoms in total. The number of nitrogens with zero attached hydrogens (tertiary/aromatic N) is 5. The average Bonchev–Trinajstić information content (AvgIpc) is 3.31. The number of hydrogen-bond donors (Lipinski definition) is 1. The Labute approximate surface area is 154 Å². The number of carbonyl (C=O) groups excluding carboxylic acids is 1. The predicted molar refractivity (Wildman–Crippen MR) is 95.6 cm³/mol. The molecular formula is C17H17ClN6O2. The summed E-state index contributed by atoms with van der Waals surface area (Å²) in [5.74, 6) is 1.02. The summed E-state index contributed by atoms with van der Waals surface area (Å²) in [6, 6.07) is 6.86. The van der Waals surface area contributed by atoms with Crippen LogP contribution >= 0.6 is 11.6 Å². The molecule has 1 N–H and O–H groups in total. The molecule has 1 aliphatic heterocycles. The van der Waals surface area contributed by atoms with Crippen LogP contribution < -0.4 is 5.32 Å². The van der Waals surface area contributed by atoms with Gasteiger partial charge in [0.05, 0.1) is 18.8 Å². The van der Waals surface area contributed by atoms with Crippen molar-refractivity contribution in [2.75, 3.05) is 5.32 Å². The highest BCUT2D eigenvalue weighted by Gasteiger charge is 2.32. The highest BCUT2D eigenvalue weighted by atomic mass is 35.5. The van der Waals surface area contributed by atoms with Crippen molar-refractivity contribution in [1.29, 1.82) is 0 Å². The van der Waals surface area contributed by atoms with Crippen LogP contribution in [-0.4, -0.2) is 30.9 Å². The first kappa shape index (κ1) is 16.6. The topological polar surface area (TPSA) is 89.1 Å². The van der Waals surface area contributed by atoms with E-state index in [9.17, 15) is 4.79 Å². The highest BCUT2D eigenvalue weighted by molar-refractivity contribution is 6.30. The summed E-state index contributed by atoms with van der Waals surface area (Å²) < 4.78 is 7.07. The van der Waals surface area contributed by atoms with Gasteiger partial charge in [-0.15, -0.1) is 0 Å². The largest absolute Gasteiger partial charge is 0.332 e. The zero-order valence-corrected chi connectivity index (χ0v) is 15.1. The van der Waals surface area contributed by atoms with Gasteiger partial charge < -0.3 is 14.7 Å². The van der Waals surface area contributed by atoms with Gasteiger partial charge in [-0.25, -0.2) is 4.79 Å². The fourth-order valence-corrected chi connectivity index (χ4v) is 3.16. The number of aryl methyl sites for hydroxylation is 2. The second-order valence-electron chi connectivity index (χ2n) is 6.06. The summed E-state index contributed by atoms with van der Waals surface area (Å²) in [4.78, 5) is 18.6. The van der Waals surface area contributed by atoms with Crippen molar-refractivity contribution >= 4 is 23.3 Å². The maximum absolute atomic E-state index is 12.6. The lowest BCUT2D eigenvalue weighted by molar-refractivity contribution is 0.211. The van der Waals surface area contributed by atoms with Gasteiger partial charge in [-0.1, -0.05) is 29.7 Å². The lowest BCUT2D eigenvalue weighted by Gasteiger charge is -2.17. The maximum atomic E-state index is 12.6. The fraction of sp³-hybridized carbons (Fsp3) is 0.294. The van der Waals surface area contributed by atoms with Crippen molar-refractivity contribution in [3.8, 4) is 11.6 Å². The van der Waals surface area contributed by atoms with Crippen molar-refractivity contribution in [2.24, 2.45) is 7.05 Å². The lowest BCUT2D eigenvalue weighted by atomic mass is 10.2. The van der Waals surface area contributed by atoms with Gasteiger partial charge in [0.15, 0.2) is 11.5 Å². The van der Waals surface area contributed by atoms with Crippen LogP contribution in [0, 0.1) is 0 Å². The molecule has 134 valence electrons. The molecule has 3 heterocycles. The van der Waals surface area contributed by atoms with Crippen molar-refractivity contribution in [3.05, 3.63) is 46.4 Å². The molecule has 0 bridgehead atoms. The van der Waals surface area contributed by atoms with E-state index in [1.807, 2.05) is 14.0 Å². The smallest absolute Gasteiger partial charge is 0.322 e. The first-order valence-electron chi connectivity index (χ1n) is 8.24. The number of rotatable bonds is 3. The first-order chi connectivity index (χ1) is 12.5. The SMILES string of the molecule is CCc1noc(-c2nn(C)c3c2CN(C(=O)Nc2cccc(Cl)c2)C3)n1. The van der Waals surface area contributed by atoms with Crippen LogP contribution in [0.3, 0.4) is 0 Å². The van der Waals surface area contributed by atoms with Crippen molar-refractivity contribution in [1.82, 2.24) is 24.8 Å². The van der Waals surface area contributed by atoms with Gasteiger partial charge in [0.1, 0.15) is 0 Å². The average molecular weight is 373 g/mol. The summed E-state index contributed by atoms with van der Waals surface area (Å²) in [6.07, 6.45) is 0.687. The van der Waals surface area contributed by atoms with E-state index in [0.29, 0.717) is 47.6 Å². The molecule has 0 atom stereocenters. The van der Waals surface area contributed by atoms with Gasteiger partial charge in [0.25, 0.3) is 5.89 Å². The molecule has 3 aromatic rings. The highest BCUT2D eigenvalue weighted by Crippen LogP contribution is 2.31. The third-order valence-corrected chi connectivity index (χ3v) is 4.55.